The third-order valence-corrected chi connectivity index (χ3v) is 5.46. The van der Waals surface area contributed by atoms with E-state index in [4.69, 9.17) is 4.74 Å². The van der Waals surface area contributed by atoms with Crippen molar-refractivity contribution in [3.05, 3.63) is 94.9 Å². The molecule has 4 rings (SSSR count). The maximum atomic E-state index is 13.4. The van der Waals surface area contributed by atoms with Crippen LogP contribution < -0.4 is 10.1 Å². The van der Waals surface area contributed by atoms with Gasteiger partial charge in [-0.1, -0.05) is 24.3 Å². The molecule has 2 heterocycles. The molecule has 1 aliphatic rings. The first kappa shape index (κ1) is 21.3. The Morgan fingerprint density at radius 2 is 1.75 bits per heavy atom. The van der Waals surface area contributed by atoms with E-state index in [0.717, 1.165) is 22.4 Å². The number of aryl methyl sites for hydroxylation is 2. The van der Waals surface area contributed by atoms with Crippen LogP contribution in [0, 0.1) is 13.8 Å². The highest BCUT2D eigenvalue weighted by Crippen LogP contribution is 2.32. The van der Waals surface area contributed by atoms with Gasteiger partial charge < -0.3 is 10.1 Å². The van der Waals surface area contributed by atoms with Gasteiger partial charge in [-0.05, 0) is 73.4 Å². The lowest BCUT2D eigenvalue weighted by Crippen LogP contribution is -2.32. The van der Waals surface area contributed by atoms with Crippen LogP contribution in [0.5, 0.6) is 5.75 Å². The molecule has 2 aromatic carbocycles. The van der Waals surface area contributed by atoms with E-state index in [1.165, 1.54) is 4.90 Å². The molecule has 1 aromatic heterocycles. The molecule has 0 saturated carbocycles. The van der Waals surface area contributed by atoms with E-state index in [2.05, 4.69) is 10.3 Å². The molecular formula is C26H25N3O3. The fraction of sp³-hybridized carbons (Fsp3) is 0.192. The van der Waals surface area contributed by atoms with Crippen LogP contribution in [0.4, 0.5) is 5.69 Å². The monoisotopic (exact) mass is 427 g/mol. The molecule has 3 aromatic rings. The average Bonchev–Trinajstić information content (AvgIpc) is 3.02. The van der Waals surface area contributed by atoms with Crippen LogP contribution in [0.1, 0.15) is 29.2 Å². The van der Waals surface area contributed by atoms with Gasteiger partial charge >= 0.3 is 0 Å². The van der Waals surface area contributed by atoms with E-state index in [1.807, 2.05) is 69.3 Å². The summed E-state index contributed by atoms with van der Waals surface area (Å²) in [6.45, 7) is 6.67. The number of aromatic nitrogens is 1. The molecule has 0 atom stereocenters. The normalized spacial score (nSPS) is 13.7. The molecule has 0 saturated heterocycles. The Balaban J connectivity index is 1.72. The highest BCUT2D eigenvalue weighted by Gasteiger charge is 2.39. The molecule has 2 amide bonds. The number of carbonyl (C=O) groups excluding carboxylic acids is 2. The van der Waals surface area contributed by atoms with Gasteiger partial charge in [-0.3, -0.25) is 19.5 Å². The third-order valence-electron chi connectivity index (χ3n) is 5.46. The van der Waals surface area contributed by atoms with Crippen molar-refractivity contribution in [2.24, 2.45) is 0 Å². The predicted molar refractivity (Wildman–Crippen MR) is 124 cm³/mol. The number of imide groups is 1. The standard InChI is InChI=1S/C26H25N3O3/c1-4-32-22-11-9-21(10-12-22)28-24-23(20-8-7-17(2)18(3)14-20)25(30)29(26(24)31)16-19-6-5-13-27-15-19/h5-15,28H,4,16H2,1-3H3. The summed E-state index contributed by atoms with van der Waals surface area (Å²) in [6, 6.07) is 16.8. The van der Waals surface area contributed by atoms with Crippen LogP contribution in [0.25, 0.3) is 5.57 Å². The number of hydrogen-bond donors (Lipinski definition) is 1. The molecule has 162 valence electrons. The van der Waals surface area contributed by atoms with Crippen LogP contribution in [0.2, 0.25) is 0 Å². The van der Waals surface area contributed by atoms with Crippen LogP contribution in [0.15, 0.2) is 72.7 Å². The van der Waals surface area contributed by atoms with Crippen LogP contribution >= 0.6 is 0 Å². The minimum absolute atomic E-state index is 0.161. The molecule has 0 unspecified atom stereocenters. The Kier molecular flexibility index (Phi) is 6.03. The van der Waals surface area contributed by atoms with Crippen molar-refractivity contribution in [1.82, 2.24) is 9.88 Å². The number of anilines is 1. The number of nitrogens with one attached hydrogen (secondary N) is 1. The fourth-order valence-electron chi connectivity index (χ4n) is 3.62. The van der Waals surface area contributed by atoms with E-state index < -0.39 is 0 Å². The van der Waals surface area contributed by atoms with E-state index in [1.54, 1.807) is 18.5 Å². The van der Waals surface area contributed by atoms with E-state index >= 15 is 0 Å². The van der Waals surface area contributed by atoms with Gasteiger partial charge in [0.05, 0.1) is 18.7 Å². The summed E-state index contributed by atoms with van der Waals surface area (Å²) in [5.74, 6) is 0.0601. The molecule has 0 radical (unpaired) electrons. The number of pyridine rings is 1. The summed E-state index contributed by atoms with van der Waals surface area (Å²) < 4.78 is 5.49. The van der Waals surface area contributed by atoms with E-state index in [9.17, 15) is 9.59 Å². The molecule has 0 aliphatic carbocycles. The quantitative estimate of drug-likeness (QED) is 0.563. The van der Waals surface area contributed by atoms with Gasteiger partial charge in [-0.2, -0.15) is 0 Å². The predicted octanol–water partition coefficient (Wildman–Crippen LogP) is 4.49. The molecule has 32 heavy (non-hydrogen) atoms. The number of hydrogen-bond acceptors (Lipinski definition) is 5. The fourth-order valence-corrected chi connectivity index (χ4v) is 3.62. The number of nitrogens with zero attached hydrogens (tertiary/aromatic N) is 2. The van der Waals surface area contributed by atoms with Crippen molar-refractivity contribution in [2.45, 2.75) is 27.3 Å². The molecule has 1 N–H and O–H groups in total. The summed E-state index contributed by atoms with van der Waals surface area (Å²) in [5.41, 5.74) is 5.03. The summed E-state index contributed by atoms with van der Waals surface area (Å²) in [6.07, 6.45) is 3.32. The topological polar surface area (TPSA) is 71.5 Å². The zero-order valence-electron chi connectivity index (χ0n) is 18.4. The molecular weight excluding hydrogens is 402 g/mol. The van der Waals surface area contributed by atoms with Gasteiger partial charge in [-0.25, -0.2) is 0 Å². The number of amides is 2. The summed E-state index contributed by atoms with van der Waals surface area (Å²) in [7, 11) is 0. The summed E-state index contributed by atoms with van der Waals surface area (Å²) in [4.78, 5) is 32.2. The minimum Gasteiger partial charge on any atom is -0.494 e. The second-order valence-corrected chi connectivity index (χ2v) is 7.69. The summed E-state index contributed by atoms with van der Waals surface area (Å²) >= 11 is 0. The summed E-state index contributed by atoms with van der Waals surface area (Å²) in [5, 5.41) is 3.19. The SMILES string of the molecule is CCOc1ccc(NC2=C(c3ccc(C)c(C)c3)C(=O)N(Cc3cccnc3)C2=O)cc1. The first-order chi connectivity index (χ1) is 15.5. The maximum Gasteiger partial charge on any atom is 0.278 e. The van der Waals surface area contributed by atoms with E-state index in [0.29, 0.717) is 23.4 Å². The molecule has 0 bridgehead atoms. The lowest BCUT2D eigenvalue weighted by Gasteiger charge is -2.15. The van der Waals surface area contributed by atoms with Gasteiger partial charge in [-0.15, -0.1) is 0 Å². The lowest BCUT2D eigenvalue weighted by atomic mass is 9.99. The van der Waals surface area contributed by atoms with Gasteiger partial charge in [0.15, 0.2) is 0 Å². The molecule has 1 aliphatic heterocycles. The maximum absolute atomic E-state index is 13.4. The van der Waals surface area contributed by atoms with Crippen molar-refractivity contribution in [2.75, 3.05) is 11.9 Å². The van der Waals surface area contributed by atoms with E-state index in [-0.39, 0.29) is 24.1 Å². The highest BCUT2D eigenvalue weighted by molar-refractivity contribution is 6.36. The third kappa shape index (κ3) is 4.25. The number of ether oxygens (including phenoxy) is 1. The zero-order chi connectivity index (χ0) is 22.7. The van der Waals surface area contributed by atoms with Gasteiger partial charge in [0.2, 0.25) is 0 Å². The zero-order valence-corrected chi connectivity index (χ0v) is 18.4. The van der Waals surface area contributed by atoms with Crippen molar-refractivity contribution >= 4 is 23.1 Å². The van der Waals surface area contributed by atoms with Crippen molar-refractivity contribution in [1.29, 1.82) is 0 Å². The molecule has 0 fully saturated rings. The first-order valence-corrected chi connectivity index (χ1v) is 10.5. The van der Waals surface area contributed by atoms with Crippen molar-refractivity contribution < 1.29 is 14.3 Å². The Hall–Kier alpha value is -3.93. The molecule has 6 heteroatoms. The smallest absolute Gasteiger partial charge is 0.278 e. The highest BCUT2D eigenvalue weighted by atomic mass is 16.5. The van der Waals surface area contributed by atoms with Gasteiger partial charge in [0.25, 0.3) is 11.8 Å². The Bertz CT molecular complexity index is 1180. The van der Waals surface area contributed by atoms with Crippen molar-refractivity contribution in [3.63, 3.8) is 0 Å². The second-order valence-electron chi connectivity index (χ2n) is 7.69. The molecule has 0 spiro atoms. The number of rotatable bonds is 7. The first-order valence-electron chi connectivity index (χ1n) is 10.5. The second kappa shape index (κ2) is 9.06. The molecule has 6 nitrogen and oxygen atoms in total. The van der Waals surface area contributed by atoms with Crippen molar-refractivity contribution in [3.8, 4) is 5.75 Å². The average molecular weight is 428 g/mol. The van der Waals surface area contributed by atoms with Gasteiger partial charge in [0, 0.05) is 18.1 Å². The Morgan fingerprint density at radius 3 is 2.41 bits per heavy atom. The van der Waals surface area contributed by atoms with Crippen LogP contribution in [0.3, 0.4) is 0 Å². The Labute approximate surface area is 187 Å². The largest absolute Gasteiger partial charge is 0.494 e. The number of benzene rings is 2. The minimum atomic E-state index is -0.360. The van der Waals surface area contributed by atoms with Crippen LogP contribution in [-0.4, -0.2) is 28.3 Å². The van der Waals surface area contributed by atoms with Gasteiger partial charge in [0.1, 0.15) is 11.4 Å². The Morgan fingerprint density at radius 1 is 0.969 bits per heavy atom. The number of carbonyl (C=O) groups is 2. The van der Waals surface area contributed by atoms with Crippen LogP contribution in [-0.2, 0) is 16.1 Å². The lowest BCUT2D eigenvalue weighted by molar-refractivity contribution is -0.137.